The van der Waals surface area contributed by atoms with E-state index in [1.165, 1.54) is 6.33 Å². The third-order valence-electron chi connectivity index (χ3n) is 1.79. The van der Waals surface area contributed by atoms with E-state index in [-0.39, 0.29) is 6.61 Å². The van der Waals surface area contributed by atoms with Crippen LogP contribution < -0.4 is 0 Å². The van der Waals surface area contributed by atoms with Crippen molar-refractivity contribution in [3.63, 3.8) is 0 Å². The Balaban J connectivity index is 2.64. The second-order valence-electron chi connectivity index (χ2n) is 3.26. The van der Waals surface area contributed by atoms with Gasteiger partial charge in [-0.2, -0.15) is 0 Å². The number of hydrogen-bond acceptors (Lipinski definition) is 5. The zero-order valence-electron chi connectivity index (χ0n) is 8.77. The lowest BCUT2D eigenvalue weighted by Crippen LogP contribution is -2.15. The first-order chi connectivity index (χ1) is 7.15. The highest BCUT2D eigenvalue weighted by molar-refractivity contribution is 7.99. The second-order valence-corrected chi connectivity index (χ2v) is 4.70. The zero-order chi connectivity index (χ0) is 11.3. The van der Waals surface area contributed by atoms with Crippen LogP contribution in [0.1, 0.15) is 5.56 Å². The van der Waals surface area contributed by atoms with Gasteiger partial charge in [0.1, 0.15) is 16.5 Å². The Hall–Kier alpha value is -0.360. The van der Waals surface area contributed by atoms with E-state index >= 15 is 0 Å². The van der Waals surface area contributed by atoms with Crippen LogP contribution in [0.5, 0.6) is 0 Å². The van der Waals surface area contributed by atoms with Crippen molar-refractivity contribution in [1.29, 1.82) is 0 Å². The van der Waals surface area contributed by atoms with Crippen LogP contribution in [0.3, 0.4) is 0 Å². The van der Waals surface area contributed by atoms with Gasteiger partial charge >= 0.3 is 0 Å². The number of aliphatic hydroxyl groups excluding tert-OH is 1. The number of hydrogen-bond donors (Lipinski definition) is 1. The fourth-order valence-corrected chi connectivity index (χ4v) is 2.31. The van der Waals surface area contributed by atoms with Crippen molar-refractivity contribution in [2.45, 2.75) is 11.6 Å². The van der Waals surface area contributed by atoms with E-state index in [0.717, 1.165) is 17.3 Å². The van der Waals surface area contributed by atoms with E-state index < -0.39 is 0 Å². The summed E-state index contributed by atoms with van der Waals surface area (Å²) in [5, 5.41) is 10.2. The molecule has 0 unspecified atom stereocenters. The van der Waals surface area contributed by atoms with E-state index in [1.54, 1.807) is 11.8 Å². The van der Waals surface area contributed by atoms with Crippen molar-refractivity contribution in [3.8, 4) is 0 Å². The Morgan fingerprint density at radius 3 is 2.80 bits per heavy atom. The molecular weight excluding hydrogens is 234 g/mol. The van der Waals surface area contributed by atoms with Crippen molar-refractivity contribution >= 4 is 23.4 Å². The quantitative estimate of drug-likeness (QED) is 0.628. The molecule has 1 aromatic rings. The molecule has 0 amide bonds. The second kappa shape index (κ2) is 6.27. The summed E-state index contributed by atoms with van der Waals surface area (Å²) < 4.78 is 0. The van der Waals surface area contributed by atoms with E-state index in [4.69, 9.17) is 16.7 Å². The molecule has 1 aromatic heterocycles. The summed E-state index contributed by atoms with van der Waals surface area (Å²) >= 11 is 7.41. The van der Waals surface area contributed by atoms with Crippen molar-refractivity contribution < 1.29 is 5.11 Å². The topological polar surface area (TPSA) is 49.2 Å². The van der Waals surface area contributed by atoms with Gasteiger partial charge in [-0.15, -0.1) is 11.8 Å². The summed E-state index contributed by atoms with van der Waals surface area (Å²) in [6.07, 6.45) is 1.42. The molecule has 0 radical (unpaired) electrons. The molecule has 0 fully saturated rings. The monoisotopic (exact) mass is 247 g/mol. The molecule has 0 aliphatic rings. The number of halogens is 1. The Morgan fingerprint density at radius 1 is 1.47 bits per heavy atom. The van der Waals surface area contributed by atoms with Crippen LogP contribution in [-0.2, 0) is 6.61 Å². The van der Waals surface area contributed by atoms with Gasteiger partial charge in [0.25, 0.3) is 0 Å². The SMILES string of the molecule is CN(C)CCSc1ncnc(Cl)c1CO. The van der Waals surface area contributed by atoms with Gasteiger partial charge in [-0.05, 0) is 14.1 Å². The molecule has 0 spiro atoms. The lowest BCUT2D eigenvalue weighted by Gasteiger charge is -2.10. The molecule has 84 valence electrons. The molecule has 6 heteroatoms. The predicted octanol–water partition coefficient (Wildman–Crippen LogP) is 1.28. The normalized spacial score (nSPS) is 11.0. The van der Waals surface area contributed by atoms with Crippen LogP contribution in [0.25, 0.3) is 0 Å². The molecule has 0 aromatic carbocycles. The molecule has 4 nitrogen and oxygen atoms in total. The van der Waals surface area contributed by atoms with Gasteiger partial charge in [-0.1, -0.05) is 11.6 Å². The molecule has 1 N–H and O–H groups in total. The minimum atomic E-state index is -0.121. The van der Waals surface area contributed by atoms with Gasteiger partial charge in [0, 0.05) is 17.9 Å². The first-order valence-corrected chi connectivity index (χ1v) is 5.89. The summed E-state index contributed by atoms with van der Waals surface area (Å²) in [4.78, 5) is 10.0. The summed E-state index contributed by atoms with van der Waals surface area (Å²) in [6.45, 7) is 0.834. The van der Waals surface area contributed by atoms with E-state index in [2.05, 4.69) is 14.9 Å². The fourth-order valence-electron chi connectivity index (χ4n) is 0.958. The van der Waals surface area contributed by atoms with Crippen LogP contribution in [0.4, 0.5) is 0 Å². The standard InChI is InChI=1S/C9H14ClN3OS/c1-13(2)3-4-15-9-7(5-14)8(10)11-6-12-9/h6,14H,3-5H2,1-2H3. The van der Waals surface area contributed by atoms with Gasteiger partial charge in [-0.3, -0.25) is 0 Å². The van der Waals surface area contributed by atoms with Gasteiger partial charge in [0.05, 0.1) is 6.61 Å². The summed E-state index contributed by atoms with van der Waals surface area (Å²) in [5.41, 5.74) is 0.614. The lowest BCUT2D eigenvalue weighted by molar-refractivity contribution is 0.277. The fraction of sp³-hybridized carbons (Fsp3) is 0.556. The average Bonchev–Trinajstić information content (AvgIpc) is 2.17. The third kappa shape index (κ3) is 3.95. The van der Waals surface area contributed by atoms with Gasteiger partial charge < -0.3 is 10.0 Å². The van der Waals surface area contributed by atoms with Crippen LogP contribution in [0.15, 0.2) is 11.4 Å². The maximum Gasteiger partial charge on any atom is 0.139 e. The van der Waals surface area contributed by atoms with E-state index in [9.17, 15) is 0 Å². The zero-order valence-corrected chi connectivity index (χ0v) is 10.3. The lowest BCUT2D eigenvalue weighted by atomic mass is 10.4. The summed E-state index contributed by atoms with van der Waals surface area (Å²) in [7, 11) is 4.03. The van der Waals surface area contributed by atoms with E-state index in [1.807, 2.05) is 14.1 Å². The molecule has 0 atom stereocenters. The molecular formula is C9H14ClN3OS. The van der Waals surface area contributed by atoms with Crippen LogP contribution in [0, 0.1) is 0 Å². The Kier molecular flexibility index (Phi) is 5.31. The number of thioether (sulfide) groups is 1. The predicted molar refractivity (Wildman–Crippen MR) is 62.2 cm³/mol. The smallest absolute Gasteiger partial charge is 0.139 e. The first kappa shape index (κ1) is 12.7. The summed E-state index contributed by atoms with van der Waals surface area (Å²) in [5.74, 6) is 0.910. The molecule has 0 saturated heterocycles. The maximum atomic E-state index is 9.12. The molecule has 1 heterocycles. The number of aliphatic hydroxyl groups is 1. The van der Waals surface area contributed by atoms with Gasteiger partial charge in [0.2, 0.25) is 0 Å². The van der Waals surface area contributed by atoms with Crippen molar-refractivity contribution in [2.24, 2.45) is 0 Å². The largest absolute Gasteiger partial charge is 0.391 e. The average molecular weight is 248 g/mol. The van der Waals surface area contributed by atoms with Crippen LogP contribution >= 0.6 is 23.4 Å². The molecule has 0 saturated carbocycles. The third-order valence-corrected chi connectivity index (χ3v) is 3.13. The minimum absolute atomic E-state index is 0.121. The Morgan fingerprint density at radius 2 is 2.20 bits per heavy atom. The number of aromatic nitrogens is 2. The molecule has 0 bridgehead atoms. The first-order valence-electron chi connectivity index (χ1n) is 4.53. The van der Waals surface area contributed by atoms with Gasteiger partial charge in [0.15, 0.2) is 0 Å². The highest BCUT2D eigenvalue weighted by atomic mass is 35.5. The van der Waals surface area contributed by atoms with Gasteiger partial charge in [-0.25, -0.2) is 9.97 Å². The van der Waals surface area contributed by atoms with E-state index in [0.29, 0.717) is 10.7 Å². The van der Waals surface area contributed by atoms with Crippen LogP contribution in [-0.4, -0.2) is 46.4 Å². The van der Waals surface area contributed by atoms with Crippen molar-refractivity contribution in [1.82, 2.24) is 14.9 Å². The maximum absolute atomic E-state index is 9.12. The highest BCUT2D eigenvalue weighted by Gasteiger charge is 2.08. The molecule has 0 aliphatic carbocycles. The van der Waals surface area contributed by atoms with Crippen molar-refractivity contribution in [2.75, 3.05) is 26.4 Å². The van der Waals surface area contributed by atoms with Crippen LogP contribution in [0.2, 0.25) is 5.15 Å². The molecule has 0 aliphatic heterocycles. The molecule has 15 heavy (non-hydrogen) atoms. The van der Waals surface area contributed by atoms with Crippen molar-refractivity contribution in [3.05, 3.63) is 17.0 Å². The Bertz CT molecular complexity index is 322. The molecule has 1 rings (SSSR count). The Labute approximate surface area is 98.7 Å². The highest BCUT2D eigenvalue weighted by Crippen LogP contribution is 2.24. The minimum Gasteiger partial charge on any atom is -0.391 e. The summed E-state index contributed by atoms with van der Waals surface area (Å²) in [6, 6.07) is 0. The number of nitrogens with zero attached hydrogens (tertiary/aromatic N) is 3. The number of rotatable bonds is 5.